The summed E-state index contributed by atoms with van der Waals surface area (Å²) in [6.07, 6.45) is -3.47. The molecule has 1 unspecified atom stereocenters. The maximum Gasteiger partial charge on any atom is 0.435 e. The summed E-state index contributed by atoms with van der Waals surface area (Å²) in [4.78, 5) is 13.6. The third-order valence-electron chi connectivity index (χ3n) is 5.29. The Bertz CT molecular complexity index is 1360. The molecule has 0 bridgehead atoms. The number of sulfonamides is 1. The van der Waals surface area contributed by atoms with Crippen molar-refractivity contribution in [1.29, 1.82) is 0 Å². The average molecular weight is 546 g/mol. The molecule has 8 nitrogen and oxygen atoms in total. The molecule has 3 N–H and O–H groups in total. The smallest absolute Gasteiger partial charge is 0.350 e. The Labute approximate surface area is 209 Å². The molecule has 0 spiro atoms. The largest absolute Gasteiger partial charge is 0.435 e. The summed E-state index contributed by atoms with van der Waals surface area (Å²) in [5, 5.41) is 6.03. The third kappa shape index (κ3) is 7.90. The van der Waals surface area contributed by atoms with Crippen molar-refractivity contribution in [3.8, 4) is 0 Å². The van der Waals surface area contributed by atoms with E-state index in [0.29, 0.717) is 6.42 Å². The second-order valence-electron chi connectivity index (χ2n) is 8.27. The van der Waals surface area contributed by atoms with Gasteiger partial charge < -0.3 is 10.7 Å². The number of benzene rings is 2. The van der Waals surface area contributed by atoms with E-state index in [1.165, 1.54) is 31.2 Å². The van der Waals surface area contributed by atoms with Crippen molar-refractivity contribution in [3.05, 3.63) is 82.7 Å². The molecule has 0 aliphatic rings. The molecule has 14 heteroatoms. The third-order valence-corrected chi connectivity index (χ3v) is 5.88. The van der Waals surface area contributed by atoms with E-state index in [9.17, 15) is 35.2 Å². The van der Waals surface area contributed by atoms with Crippen LogP contribution < -0.4 is 15.5 Å². The molecule has 1 amide bonds. The number of alkyl halides is 3. The molecule has 0 saturated carbocycles. The van der Waals surface area contributed by atoms with E-state index in [4.69, 9.17) is 0 Å². The second kappa shape index (κ2) is 11.2. The van der Waals surface area contributed by atoms with Gasteiger partial charge in [0.1, 0.15) is 11.6 Å². The molecule has 1 aromatic heterocycles. The first kappa shape index (κ1) is 27.9. The predicted octanol–water partition coefficient (Wildman–Crippen LogP) is 3.76. The number of hydrogen-bond donors (Lipinski definition) is 3. The van der Waals surface area contributed by atoms with Gasteiger partial charge >= 0.3 is 6.18 Å². The molecule has 2 aromatic carbocycles. The Morgan fingerprint density at radius 3 is 2.35 bits per heavy atom. The molecule has 0 aliphatic heterocycles. The molecule has 37 heavy (non-hydrogen) atoms. The van der Waals surface area contributed by atoms with Crippen LogP contribution in [0.3, 0.4) is 0 Å². The summed E-state index contributed by atoms with van der Waals surface area (Å²) in [6.45, 7) is 1.33. The number of nitrogens with one attached hydrogen (secondary N) is 3. The first-order chi connectivity index (χ1) is 17.2. The van der Waals surface area contributed by atoms with Gasteiger partial charge in [0.05, 0.1) is 30.1 Å². The number of anilines is 1. The first-order valence-electron chi connectivity index (χ1n) is 10.9. The van der Waals surface area contributed by atoms with Gasteiger partial charge in [0.2, 0.25) is 15.9 Å². The molecule has 3 rings (SSSR count). The van der Waals surface area contributed by atoms with E-state index in [1.54, 1.807) is 12.1 Å². The average Bonchev–Trinajstić information content (AvgIpc) is 3.22. The molecule has 0 saturated heterocycles. The van der Waals surface area contributed by atoms with Crippen molar-refractivity contribution in [1.82, 2.24) is 15.2 Å². The standard InChI is InChI=1S/C23H24F5N5O3S/c1-14(16-5-8-20(19(25)11-16)32-37(2,35)36)22(34)29-13-18-12-21(23(26,27)28)31-33(18)30-10-9-15-3-6-17(24)7-4-15/h3-8,11-12,14,30,32H,9-10,13H2,1-2H3,(H,29,34). The molecule has 1 heterocycles. The number of carbonyl (C=O) groups excluding carboxylic acids is 1. The quantitative estimate of drug-likeness (QED) is 0.337. The number of halogens is 5. The van der Waals surface area contributed by atoms with Crippen LogP contribution >= 0.6 is 0 Å². The molecule has 0 aliphatic carbocycles. The maximum atomic E-state index is 14.3. The monoisotopic (exact) mass is 545 g/mol. The number of nitrogens with zero attached hydrogens (tertiary/aromatic N) is 2. The fourth-order valence-corrected chi connectivity index (χ4v) is 3.91. The second-order valence-corrected chi connectivity index (χ2v) is 10.0. The van der Waals surface area contributed by atoms with Crippen LogP contribution in [0.2, 0.25) is 0 Å². The molecule has 3 aromatic rings. The lowest BCUT2D eigenvalue weighted by Gasteiger charge is -2.15. The van der Waals surface area contributed by atoms with Crippen molar-refractivity contribution < 1.29 is 35.2 Å². The molecular formula is C23H24F5N5O3S. The van der Waals surface area contributed by atoms with E-state index < -0.39 is 45.4 Å². The summed E-state index contributed by atoms with van der Waals surface area (Å²) in [6, 6.07) is 9.98. The summed E-state index contributed by atoms with van der Waals surface area (Å²) < 4.78 is 91.6. The highest BCUT2D eigenvalue weighted by Crippen LogP contribution is 2.28. The number of aromatic nitrogens is 2. The highest BCUT2D eigenvalue weighted by atomic mass is 32.2. The van der Waals surface area contributed by atoms with E-state index in [-0.39, 0.29) is 30.0 Å². The van der Waals surface area contributed by atoms with Crippen LogP contribution in [0.5, 0.6) is 0 Å². The SMILES string of the molecule is CC(C(=O)NCc1cc(C(F)(F)F)nn1NCCc1ccc(F)cc1)c1ccc(NS(C)(=O)=O)c(F)c1. The van der Waals surface area contributed by atoms with Crippen LogP contribution in [0.25, 0.3) is 0 Å². The van der Waals surface area contributed by atoms with Crippen LogP contribution in [0.4, 0.5) is 27.6 Å². The minimum atomic E-state index is -4.71. The van der Waals surface area contributed by atoms with Gasteiger partial charge in [0.15, 0.2) is 5.69 Å². The van der Waals surface area contributed by atoms with Gasteiger partial charge in [-0.25, -0.2) is 17.2 Å². The van der Waals surface area contributed by atoms with Gasteiger partial charge in [0.25, 0.3) is 0 Å². The van der Waals surface area contributed by atoms with Crippen molar-refractivity contribution >= 4 is 21.6 Å². The summed E-state index contributed by atoms with van der Waals surface area (Å²) in [5.74, 6) is -2.79. The lowest BCUT2D eigenvalue weighted by Crippen LogP contribution is -2.30. The topological polar surface area (TPSA) is 105 Å². The van der Waals surface area contributed by atoms with Crippen LogP contribution in [-0.4, -0.2) is 37.0 Å². The fraction of sp³-hybridized carbons (Fsp3) is 0.304. The highest BCUT2D eigenvalue weighted by Gasteiger charge is 2.35. The van der Waals surface area contributed by atoms with Gasteiger partial charge in [-0.05, 0) is 54.8 Å². The Morgan fingerprint density at radius 1 is 1.08 bits per heavy atom. The summed E-state index contributed by atoms with van der Waals surface area (Å²) in [7, 11) is -3.70. The lowest BCUT2D eigenvalue weighted by molar-refractivity contribution is -0.141. The maximum absolute atomic E-state index is 14.3. The van der Waals surface area contributed by atoms with Crippen molar-refractivity contribution in [2.24, 2.45) is 0 Å². The summed E-state index contributed by atoms with van der Waals surface area (Å²) >= 11 is 0. The minimum absolute atomic E-state index is 0.0193. The number of carbonyl (C=O) groups is 1. The Hall–Kier alpha value is -3.68. The van der Waals surface area contributed by atoms with Crippen molar-refractivity contribution in [2.75, 3.05) is 22.9 Å². The lowest BCUT2D eigenvalue weighted by atomic mass is 10.00. The van der Waals surface area contributed by atoms with Crippen molar-refractivity contribution in [3.63, 3.8) is 0 Å². The first-order valence-corrected chi connectivity index (χ1v) is 12.8. The molecule has 1 atom stereocenters. The fourth-order valence-electron chi connectivity index (χ4n) is 3.34. The van der Waals surface area contributed by atoms with Gasteiger partial charge in [-0.3, -0.25) is 9.52 Å². The van der Waals surface area contributed by atoms with E-state index in [2.05, 4.69) is 15.8 Å². The van der Waals surface area contributed by atoms with E-state index >= 15 is 0 Å². The van der Waals surface area contributed by atoms with Gasteiger partial charge in [-0.1, -0.05) is 18.2 Å². The Balaban J connectivity index is 1.67. The Morgan fingerprint density at radius 2 is 1.76 bits per heavy atom. The van der Waals surface area contributed by atoms with Crippen LogP contribution in [-0.2, 0) is 34.0 Å². The molecule has 0 radical (unpaired) electrons. The van der Waals surface area contributed by atoms with Gasteiger partial charge in [-0.15, -0.1) is 5.10 Å². The Kier molecular flexibility index (Phi) is 8.41. The van der Waals surface area contributed by atoms with Crippen molar-refractivity contribution in [2.45, 2.75) is 32.0 Å². The predicted molar refractivity (Wildman–Crippen MR) is 127 cm³/mol. The van der Waals surface area contributed by atoms with Crippen LogP contribution in [0.1, 0.15) is 35.4 Å². The normalized spacial score (nSPS) is 12.7. The zero-order valence-electron chi connectivity index (χ0n) is 19.7. The number of rotatable bonds is 10. The minimum Gasteiger partial charge on any atom is -0.350 e. The number of amides is 1. The van der Waals surface area contributed by atoms with Crippen LogP contribution in [0.15, 0.2) is 48.5 Å². The highest BCUT2D eigenvalue weighted by molar-refractivity contribution is 7.92. The zero-order valence-corrected chi connectivity index (χ0v) is 20.6. The van der Waals surface area contributed by atoms with Crippen LogP contribution in [0, 0.1) is 11.6 Å². The molecule has 200 valence electrons. The van der Waals surface area contributed by atoms with Gasteiger partial charge in [0, 0.05) is 6.54 Å². The summed E-state index contributed by atoms with van der Waals surface area (Å²) in [5.41, 5.74) is 2.31. The van der Waals surface area contributed by atoms with Gasteiger partial charge in [-0.2, -0.15) is 18.0 Å². The molecule has 0 fully saturated rings. The number of hydrogen-bond acceptors (Lipinski definition) is 5. The van der Waals surface area contributed by atoms with E-state index in [0.717, 1.165) is 28.7 Å². The molecular weight excluding hydrogens is 521 g/mol. The van der Waals surface area contributed by atoms with E-state index in [1.807, 2.05) is 4.72 Å². The zero-order chi connectivity index (χ0) is 27.4.